The van der Waals surface area contributed by atoms with Gasteiger partial charge in [-0.1, -0.05) is 19.9 Å². The number of nitrogens with one attached hydrogen (secondary N) is 1. The van der Waals surface area contributed by atoms with Crippen LogP contribution in [0.5, 0.6) is 5.75 Å². The molecule has 0 fully saturated rings. The molecule has 0 atom stereocenters. The molecule has 1 rings (SSSR count). The molecule has 0 aliphatic heterocycles. The highest BCUT2D eigenvalue weighted by molar-refractivity contribution is 7.90. The maximum absolute atomic E-state index is 13.8. The van der Waals surface area contributed by atoms with Crippen LogP contribution in [0.15, 0.2) is 23.2 Å². The van der Waals surface area contributed by atoms with E-state index >= 15 is 0 Å². The first-order valence-electron chi connectivity index (χ1n) is 8.39. The summed E-state index contributed by atoms with van der Waals surface area (Å²) in [6.07, 6.45) is 1.81. The highest BCUT2D eigenvalue weighted by Crippen LogP contribution is 2.20. The standard InChI is InChI=1S/C18H30FN3O3S/c1-18(2,9-10-26(6,23)24)13-21-17(20-3)22(4)12-14-7-8-16(25-5)15(19)11-14/h7-8,11H,9-10,12-13H2,1-6H3,(H,20,21). The number of guanidine groups is 1. The topological polar surface area (TPSA) is 71.0 Å². The second kappa shape index (κ2) is 9.21. The molecule has 0 bridgehead atoms. The molecule has 0 aromatic heterocycles. The smallest absolute Gasteiger partial charge is 0.193 e. The number of methoxy groups -OCH3 is 1. The largest absolute Gasteiger partial charge is 0.494 e. The van der Waals surface area contributed by atoms with Crippen molar-refractivity contribution < 1.29 is 17.5 Å². The van der Waals surface area contributed by atoms with E-state index in [1.165, 1.54) is 19.4 Å². The summed E-state index contributed by atoms with van der Waals surface area (Å²) in [4.78, 5) is 6.13. The van der Waals surface area contributed by atoms with Crippen molar-refractivity contribution >= 4 is 15.8 Å². The number of hydrogen-bond donors (Lipinski definition) is 1. The molecular formula is C18H30FN3O3S. The quantitative estimate of drug-likeness (QED) is 0.547. The van der Waals surface area contributed by atoms with Crippen LogP contribution in [-0.2, 0) is 16.4 Å². The zero-order chi connectivity index (χ0) is 20.0. The molecule has 148 valence electrons. The third-order valence-electron chi connectivity index (χ3n) is 4.08. The Morgan fingerprint density at radius 3 is 2.54 bits per heavy atom. The third kappa shape index (κ3) is 7.59. The van der Waals surface area contributed by atoms with Crippen LogP contribution in [0.1, 0.15) is 25.8 Å². The van der Waals surface area contributed by atoms with Crippen LogP contribution < -0.4 is 10.1 Å². The minimum absolute atomic E-state index is 0.154. The van der Waals surface area contributed by atoms with Crippen molar-refractivity contribution in [3.05, 3.63) is 29.6 Å². The Hall–Kier alpha value is -1.83. The molecule has 1 aromatic rings. The molecule has 8 heteroatoms. The highest BCUT2D eigenvalue weighted by atomic mass is 32.2. The number of nitrogens with zero attached hydrogens (tertiary/aromatic N) is 2. The zero-order valence-electron chi connectivity index (χ0n) is 16.5. The van der Waals surface area contributed by atoms with E-state index in [4.69, 9.17) is 4.74 Å². The van der Waals surface area contributed by atoms with Crippen LogP contribution in [0.2, 0.25) is 0 Å². The minimum atomic E-state index is -2.98. The van der Waals surface area contributed by atoms with Gasteiger partial charge in [0.1, 0.15) is 9.84 Å². The van der Waals surface area contributed by atoms with Gasteiger partial charge in [-0.05, 0) is 29.5 Å². The normalized spacial score (nSPS) is 12.8. The predicted molar refractivity (Wildman–Crippen MR) is 104 cm³/mol. The molecule has 0 amide bonds. The van der Waals surface area contributed by atoms with Crippen molar-refractivity contribution in [1.29, 1.82) is 0 Å². The van der Waals surface area contributed by atoms with E-state index in [1.54, 1.807) is 13.1 Å². The van der Waals surface area contributed by atoms with E-state index in [0.29, 0.717) is 25.5 Å². The zero-order valence-corrected chi connectivity index (χ0v) is 17.3. The number of ether oxygens (including phenoxy) is 1. The molecular weight excluding hydrogens is 357 g/mol. The molecule has 26 heavy (non-hydrogen) atoms. The fraction of sp³-hybridized carbons (Fsp3) is 0.611. The van der Waals surface area contributed by atoms with Gasteiger partial charge >= 0.3 is 0 Å². The maximum Gasteiger partial charge on any atom is 0.193 e. The molecule has 0 unspecified atom stereocenters. The van der Waals surface area contributed by atoms with Gasteiger partial charge in [0.05, 0.1) is 12.9 Å². The molecule has 0 heterocycles. The number of halogens is 1. The van der Waals surface area contributed by atoms with E-state index in [0.717, 1.165) is 5.56 Å². The Labute approximate surface area is 156 Å². The van der Waals surface area contributed by atoms with Crippen LogP contribution in [-0.4, -0.2) is 59.0 Å². The number of sulfone groups is 1. The molecule has 0 radical (unpaired) electrons. The SMILES string of the molecule is CN=C(NCC(C)(C)CCS(C)(=O)=O)N(C)Cc1ccc(OC)c(F)c1. The first-order valence-corrected chi connectivity index (χ1v) is 10.5. The van der Waals surface area contributed by atoms with E-state index in [9.17, 15) is 12.8 Å². The lowest BCUT2D eigenvalue weighted by atomic mass is 9.90. The summed E-state index contributed by atoms with van der Waals surface area (Å²) in [5, 5.41) is 3.27. The Kier molecular flexibility index (Phi) is 7.87. The molecule has 0 saturated heterocycles. The van der Waals surface area contributed by atoms with E-state index in [-0.39, 0.29) is 16.9 Å². The van der Waals surface area contributed by atoms with Gasteiger partial charge < -0.3 is 15.0 Å². The summed E-state index contributed by atoms with van der Waals surface area (Å²) in [6.45, 7) is 5.08. The van der Waals surface area contributed by atoms with Crippen LogP contribution in [0, 0.1) is 11.2 Å². The molecule has 0 aliphatic rings. The Morgan fingerprint density at radius 2 is 2.04 bits per heavy atom. The van der Waals surface area contributed by atoms with Crippen molar-refractivity contribution in [3.63, 3.8) is 0 Å². The van der Waals surface area contributed by atoms with Crippen LogP contribution in [0.4, 0.5) is 4.39 Å². The molecule has 1 aromatic carbocycles. The van der Waals surface area contributed by atoms with Crippen molar-refractivity contribution in [3.8, 4) is 5.75 Å². The van der Waals surface area contributed by atoms with E-state index < -0.39 is 15.7 Å². The van der Waals surface area contributed by atoms with Gasteiger partial charge in [0.2, 0.25) is 0 Å². The Balaban J connectivity index is 2.66. The lowest BCUT2D eigenvalue weighted by Gasteiger charge is -2.29. The fourth-order valence-corrected chi connectivity index (χ4v) is 3.33. The van der Waals surface area contributed by atoms with Crippen molar-refractivity contribution in [2.24, 2.45) is 10.4 Å². The molecule has 0 saturated carbocycles. The number of aliphatic imine (C=N–C) groups is 1. The first-order chi connectivity index (χ1) is 12.0. The first kappa shape index (κ1) is 22.2. The number of hydrogen-bond acceptors (Lipinski definition) is 4. The minimum Gasteiger partial charge on any atom is -0.494 e. The van der Waals surface area contributed by atoms with E-state index in [1.807, 2.05) is 31.9 Å². The number of benzene rings is 1. The molecule has 6 nitrogen and oxygen atoms in total. The summed E-state index contributed by atoms with van der Waals surface area (Å²) in [6, 6.07) is 4.85. The van der Waals surface area contributed by atoms with E-state index in [2.05, 4.69) is 10.3 Å². The Bertz CT molecular complexity index is 733. The summed E-state index contributed by atoms with van der Waals surface area (Å²) in [5.41, 5.74) is 0.594. The maximum atomic E-state index is 13.8. The summed E-state index contributed by atoms with van der Waals surface area (Å²) < 4.78 is 41.5. The number of rotatable bonds is 8. The average Bonchev–Trinajstić information content (AvgIpc) is 2.53. The molecule has 0 aliphatic carbocycles. The Morgan fingerprint density at radius 1 is 1.38 bits per heavy atom. The summed E-state index contributed by atoms with van der Waals surface area (Å²) in [5.74, 6) is 0.629. The van der Waals surface area contributed by atoms with Crippen molar-refractivity contribution in [1.82, 2.24) is 10.2 Å². The van der Waals surface area contributed by atoms with Gasteiger partial charge in [-0.2, -0.15) is 0 Å². The van der Waals surface area contributed by atoms with Gasteiger partial charge in [-0.3, -0.25) is 4.99 Å². The monoisotopic (exact) mass is 387 g/mol. The summed E-state index contributed by atoms with van der Waals surface area (Å²) in [7, 11) is 1.99. The van der Waals surface area contributed by atoms with Crippen LogP contribution in [0.25, 0.3) is 0 Å². The predicted octanol–water partition coefficient (Wildman–Crippen LogP) is 2.30. The second-order valence-electron chi connectivity index (χ2n) is 7.27. The lowest BCUT2D eigenvalue weighted by Crippen LogP contribution is -2.43. The van der Waals surface area contributed by atoms with Gasteiger partial charge in [0.15, 0.2) is 17.5 Å². The van der Waals surface area contributed by atoms with Crippen LogP contribution >= 0.6 is 0 Å². The lowest BCUT2D eigenvalue weighted by molar-refractivity contribution is 0.340. The molecule has 1 N–H and O–H groups in total. The van der Waals surface area contributed by atoms with Gasteiger partial charge in [-0.15, -0.1) is 0 Å². The highest BCUT2D eigenvalue weighted by Gasteiger charge is 2.21. The van der Waals surface area contributed by atoms with Gasteiger partial charge in [0.25, 0.3) is 0 Å². The second-order valence-corrected chi connectivity index (χ2v) is 9.53. The van der Waals surface area contributed by atoms with Crippen molar-refractivity contribution in [2.45, 2.75) is 26.8 Å². The molecule has 0 spiro atoms. The average molecular weight is 388 g/mol. The van der Waals surface area contributed by atoms with Crippen molar-refractivity contribution in [2.75, 3.05) is 39.8 Å². The summed E-state index contributed by atoms with van der Waals surface area (Å²) >= 11 is 0. The van der Waals surface area contributed by atoms with Gasteiger partial charge in [-0.25, -0.2) is 12.8 Å². The third-order valence-corrected chi connectivity index (χ3v) is 5.03. The van der Waals surface area contributed by atoms with Gasteiger partial charge in [0, 0.05) is 33.4 Å². The van der Waals surface area contributed by atoms with Crippen LogP contribution in [0.3, 0.4) is 0 Å². The fourth-order valence-electron chi connectivity index (χ4n) is 2.41.